The lowest BCUT2D eigenvalue weighted by molar-refractivity contribution is -0.122. The van der Waals surface area contributed by atoms with Crippen molar-refractivity contribution in [2.24, 2.45) is 11.8 Å². The first-order valence-corrected chi connectivity index (χ1v) is 12.2. The van der Waals surface area contributed by atoms with Gasteiger partial charge in [-0.1, -0.05) is 65.2 Å². The molecule has 3 heterocycles. The number of fused-ring (bicyclic) bond motifs is 5. The van der Waals surface area contributed by atoms with E-state index >= 15 is 0 Å². The molecule has 0 bridgehead atoms. The van der Waals surface area contributed by atoms with Crippen LogP contribution in [0.3, 0.4) is 0 Å². The Hall–Kier alpha value is -3.12. The molecular formula is C27H17Cl3N2O3. The summed E-state index contributed by atoms with van der Waals surface area (Å²) in [6.45, 7) is 0. The summed E-state index contributed by atoms with van der Waals surface area (Å²) in [4.78, 5) is 44.6. The highest BCUT2D eigenvalue weighted by Crippen LogP contribution is 2.50. The van der Waals surface area contributed by atoms with Crippen LogP contribution < -0.4 is 9.80 Å². The number of hydrogen-bond donors (Lipinski definition) is 0. The molecule has 2 fully saturated rings. The van der Waals surface area contributed by atoms with Gasteiger partial charge in [-0.05, 0) is 54.1 Å². The molecule has 5 nitrogen and oxygen atoms in total. The molecule has 0 saturated carbocycles. The highest BCUT2D eigenvalue weighted by atomic mass is 35.5. The first kappa shape index (κ1) is 22.4. The molecule has 8 heteroatoms. The summed E-state index contributed by atoms with van der Waals surface area (Å²) >= 11 is 18.4. The third kappa shape index (κ3) is 3.41. The molecule has 0 unspecified atom stereocenters. The minimum Gasteiger partial charge on any atom is -0.352 e. The lowest BCUT2D eigenvalue weighted by Gasteiger charge is -2.36. The average molecular weight is 524 g/mol. The molecule has 2 saturated heterocycles. The minimum atomic E-state index is -0.871. The first-order valence-electron chi connectivity index (χ1n) is 11.0. The predicted molar refractivity (Wildman–Crippen MR) is 137 cm³/mol. The van der Waals surface area contributed by atoms with E-state index in [1.807, 2.05) is 41.3 Å². The third-order valence-corrected chi connectivity index (χ3v) is 7.61. The monoisotopic (exact) mass is 522 g/mol. The van der Waals surface area contributed by atoms with Crippen molar-refractivity contribution < 1.29 is 14.4 Å². The Morgan fingerprint density at radius 2 is 1.43 bits per heavy atom. The Morgan fingerprint density at radius 3 is 2.14 bits per heavy atom. The van der Waals surface area contributed by atoms with Crippen molar-refractivity contribution in [2.45, 2.75) is 12.1 Å². The summed E-state index contributed by atoms with van der Waals surface area (Å²) in [6, 6.07) is 17.5. The van der Waals surface area contributed by atoms with E-state index in [4.69, 9.17) is 34.8 Å². The maximum atomic E-state index is 13.9. The number of para-hydroxylation sites is 1. The van der Waals surface area contributed by atoms with Gasteiger partial charge in [-0.2, -0.15) is 0 Å². The molecule has 0 radical (unpaired) electrons. The second kappa shape index (κ2) is 8.23. The molecular weight excluding hydrogens is 507 g/mol. The molecule has 6 rings (SSSR count). The largest absolute Gasteiger partial charge is 0.352 e. The summed E-state index contributed by atoms with van der Waals surface area (Å²) in [5.74, 6) is -2.65. The van der Waals surface area contributed by atoms with Crippen LogP contribution in [-0.4, -0.2) is 29.7 Å². The topological polar surface area (TPSA) is 57.7 Å². The number of carbonyl (C=O) groups excluding carboxylic acids is 3. The van der Waals surface area contributed by atoms with Crippen LogP contribution in [0.5, 0.6) is 0 Å². The van der Waals surface area contributed by atoms with Crippen LogP contribution in [0, 0.1) is 11.8 Å². The van der Waals surface area contributed by atoms with Gasteiger partial charge in [-0.15, -0.1) is 0 Å². The van der Waals surface area contributed by atoms with E-state index in [0.717, 1.165) is 16.2 Å². The quantitative estimate of drug-likeness (QED) is 0.316. The Labute approximate surface area is 216 Å². The molecule has 3 aliphatic rings. The Bertz CT molecular complexity index is 1420. The maximum Gasteiger partial charge on any atom is 0.240 e. The number of rotatable bonds is 3. The van der Waals surface area contributed by atoms with Gasteiger partial charge in [0.15, 0.2) is 5.78 Å². The van der Waals surface area contributed by atoms with E-state index < -0.39 is 29.8 Å². The smallest absolute Gasteiger partial charge is 0.240 e. The molecule has 3 aromatic rings. The van der Waals surface area contributed by atoms with Crippen LogP contribution in [0.15, 0.2) is 72.8 Å². The van der Waals surface area contributed by atoms with Crippen molar-refractivity contribution >= 4 is 69.9 Å². The molecule has 35 heavy (non-hydrogen) atoms. The molecule has 0 aliphatic carbocycles. The van der Waals surface area contributed by atoms with Gasteiger partial charge in [0, 0.05) is 26.3 Å². The minimum absolute atomic E-state index is 0.239. The SMILES string of the molecule is O=C(c1ccc(Cl)cc1)[C@@H]1[C@@H]2C(=O)N(c3cc(Cl)cc(Cl)c3)C(=O)[C@H]2[C@H]2C=Cc3ccccc3N21. The molecule has 3 aliphatic heterocycles. The van der Waals surface area contributed by atoms with Gasteiger partial charge in [-0.25, -0.2) is 4.90 Å². The number of nitrogens with zero attached hydrogens (tertiary/aromatic N) is 2. The summed E-state index contributed by atoms with van der Waals surface area (Å²) in [5, 5.41) is 1.13. The molecule has 0 spiro atoms. The number of halogens is 3. The van der Waals surface area contributed by atoms with E-state index in [1.165, 1.54) is 18.2 Å². The van der Waals surface area contributed by atoms with Crippen LogP contribution in [0.25, 0.3) is 6.08 Å². The van der Waals surface area contributed by atoms with Gasteiger partial charge < -0.3 is 4.90 Å². The van der Waals surface area contributed by atoms with E-state index in [2.05, 4.69) is 0 Å². The number of ketones is 1. The fourth-order valence-electron chi connectivity index (χ4n) is 5.52. The standard InChI is InChI=1S/C27H17Cl3N2O3/c28-16-8-5-15(6-9-16)25(33)24-23-22(21-10-7-14-3-1-2-4-20(14)32(21)24)26(34)31(27(23)35)19-12-17(29)11-18(30)13-19/h1-13,21-24H/t21-,22+,23-,24+/m1/s1. The van der Waals surface area contributed by atoms with Crippen LogP contribution in [-0.2, 0) is 9.59 Å². The normalized spacial score (nSPS) is 24.4. The zero-order chi connectivity index (χ0) is 24.4. The number of Topliss-reactive ketones (excluding diaryl/α,β-unsaturated/α-hetero) is 1. The molecule has 174 valence electrons. The van der Waals surface area contributed by atoms with Crippen molar-refractivity contribution in [3.8, 4) is 0 Å². The molecule has 4 atom stereocenters. The van der Waals surface area contributed by atoms with Gasteiger partial charge in [-0.3, -0.25) is 14.4 Å². The number of anilines is 2. The van der Waals surface area contributed by atoms with Crippen LogP contribution in [0.1, 0.15) is 15.9 Å². The van der Waals surface area contributed by atoms with Gasteiger partial charge in [0.2, 0.25) is 11.8 Å². The molecule has 0 N–H and O–H groups in total. The zero-order valence-corrected chi connectivity index (χ0v) is 20.3. The predicted octanol–water partition coefficient (Wildman–Crippen LogP) is 5.92. The van der Waals surface area contributed by atoms with Crippen molar-refractivity contribution in [3.05, 3.63) is 99.0 Å². The molecule has 3 aromatic carbocycles. The highest BCUT2D eigenvalue weighted by molar-refractivity contribution is 6.36. The Kier molecular flexibility index (Phi) is 5.26. The molecule has 0 aromatic heterocycles. The Morgan fingerprint density at radius 1 is 0.771 bits per heavy atom. The zero-order valence-electron chi connectivity index (χ0n) is 18.1. The number of imide groups is 1. The van der Waals surface area contributed by atoms with Gasteiger partial charge in [0.25, 0.3) is 0 Å². The fraction of sp³-hybridized carbons (Fsp3) is 0.148. The number of benzene rings is 3. The third-order valence-electron chi connectivity index (χ3n) is 6.92. The van der Waals surface area contributed by atoms with Crippen LogP contribution in [0.4, 0.5) is 11.4 Å². The molecule has 2 amide bonds. The van der Waals surface area contributed by atoms with E-state index in [-0.39, 0.29) is 11.7 Å². The van der Waals surface area contributed by atoms with Crippen LogP contribution in [0.2, 0.25) is 15.1 Å². The summed E-state index contributed by atoms with van der Waals surface area (Å²) in [7, 11) is 0. The Balaban J connectivity index is 1.50. The summed E-state index contributed by atoms with van der Waals surface area (Å²) < 4.78 is 0. The van der Waals surface area contributed by atoms with Crippen LogP contribution >= 0.6 is 34.8 Å². The number of hydrogen-bond acceptors (Lipinski definition) is 4. The van der Waals surface area contributed by atoms with E-state index in [1.54, 1.807) is 24.3 Å². The summed E-state index contributed by atoms with van der Waals surface area (Å²) in [5.41, 5.74) is 2.47. The van der Waals surface area contributed by atoms with Crippen molar-refractivity contribution in [3.63, 3.8) is 0 Å². The first-order chi connectivity index (χ1) is 16.8. The summed E-state index contributed by atoms with van der Waals surface area (Å²) in [6.07, 6.45) is 3.86. The average Bonchev–Trinajstić information content (AvgIpc) is 3.31. The fourth-order valence-corrected chi connectivity index (χ4v) is 6.16. The second-order valence-electron chi connectivity index (χ2n) is 8.82. The number of carbonyl (C=O) groups is 3. The van der Waals surface area contributed by atoms with Crippen molar-refractivity contribution in [1.82, 2.24) is 0 Å². The number of amides is 2. The van der Waals surface area contributed by atoms with Gasteiger partial charge in [0.1, 0.15) is 6.04 Å². The lowest BCUT2D eigenvalue weighted by atomic mass is 9.86. The maximum absolute atomic E-state index is 13.9. The highest BCUT2D eigenvalue weighted by Gasteiger charge is 2.64. The lowest BCUT2D eigenvalue weighted by Crippen LogP contribution is -2.48. The van der Waals surface area contributed by atoms with E-state index in [9.17, 15) is 14.4 Å². The van der Waals surface area contributed by atoms with Gasteiger partial charge in [0.05, 0.1) is 23.6 Å². The second-order valence-corrected chi connectivity index (χ2v) is 10.1. The van der Waals surface area contributed by atoms with Crippen molar-refractivity contribution in [2.75, 3.05) is 9.80 Å². The van der Waals surface area contributed by atoms with Gasteiger partial charge >= 0.3 is 0 Å². The van der Waals surface area contributed by atoms with E-state index in [0.29, 0.717) is 26.3 Å². The van der Waals surface area contributed by atoms with Crippen molar-refractivity contribution in [1.29, 1.82) is 0 Å².